The van der Waals surface area contributed by atoms with Crippen LogP contribution >= 0.6 is 11.3 Å². The Morgan fingerprint density at radius 2 is 2.23 bits per heavy atom. The van der Waals surface area contributed by atoms with Gasteiger partial charge in [-0.3, -0.25) is 9.69 Å². The van der Waals surface area contributed by atoms with Crippen molar-refractivity contribution in [2.75, 3.05) is 13.1 Å². The first-order valence-corrected chi connectivity index (χ1v) is 10.2. The molecular formula is C17H27N7OS. The Balaban J connectivity index is 1.41. The molecule has 0 saturated carbocycles. The fraction of sp³-hybridized carbons (Fsp3) is 0.706. The van der Waals surface area contributed by atoms with E-state index in [4.69, 9.17) is 0 Å². The Hall–Kier alpha value is -1.87. The van der Waals surface area contributed by atoms with E-state index in [1.807, 2.05) is 17.0 Å². The maximum Gasteiger partial charge on any atom is 0.220 e. The quantitative estimate of drug-likeness (QED) is 0.757. The second kappa shape index (κ2) is 9.18. The molecule has 1 aliphatic rings. The molecule has 1 saturated heterocycles. The van der Waals surface area contributed by atoms with Crippen molar-refractivity contribution in [3.05, 3.63) is 22.4 Å². The van der Waals surface area contributed by atoms with E-state index < -0.39 is 0 Å². The molecule has 2 aromatic rings. The first kappa shape index (κ1) is 18.9. The van der Waals surface area contributed by atoms with Crippen LogP contribution in [0, 0.1) is 5.92 Å². The van der Waals surface area contributed by atoms with Crippen LogP contribution in [0.4, 0.5) is 0 Å². The van der Waals surface area contributed by atoms with E-state index in [0.29, 0.717) is 19.4 Å². The van der Waals surface area contributed by atoms with Crippen LogP contribution in [0.2, 0.25) is 0 Å². The predicted molar refractivity (Wildman–Crippen MR) is 99.4 cm³/mol. The number of thiazole rings is 1. The van der Waals surface area contributed by atoms with E-state index in [2.05, 4.69) is 37.6 Å². The molecule has 0 spiro atoms. The maximum absolute atomic E-state index is 12.1. The van der Waals surface area contributed by atoms with Crippen molar-refractivity contribution in [2.24, 2.45) is 5.92 Å². The highest BCUT2D eigenvalue weighted by molar-refractivity contribution is 7.09. The van der Waals surface area contributed by atoms with Gasteiger partial charge in [-0.05, 0) is 55.6 Å². The minimum absolute atomic E-state index is 0.0346. The van der Waals surface area contributed by atoms with Gasteiger partial charge in [-0.15, -0.1) is 16.4 Å². The number of rotatable bonds is 8. The van der Waals surface area contributed by atoms with Gasteiger partial charge in [-0.25, -0.2) is 9.67 Å². The molecule has 26 heavy (non-hydrogen) atoms. The zero-order valence-corrected chi connectivity index (χ0v) is 16.3. The summed E-state index contributed by atoms with van der Waals surface area (Å²) in [7, 11) is 0. The smallest absolute Gasteiger partial charge is 0.220 e. The second-order valence-electron chi connectivity index (χ2n) is 7.04. The number of hydrogen-bond acceptors (Lipinski definition) is 7. The third-order valence-corrected chi connectivity index (χ3v) is 5.78. The normalized spacial score (nSPS) is 17.3. The number of likely N-dealkylation sites (tertiary alicyclic amines) is 1. The van der Waals surface area contributed by atoms with Gasteiger partial charge in [0.2, 0.25) is 5.91 Å². The van der Waals surface area contributed by atoms with E-state index in [1.54, 1.807) is 17.5 Å². The van der Waals surface area contributed by atoms with Crippen molar-refractivity contribution in [1.82, 2.24) is 35.4 Å². The molecule has 9 heteroatoms. The van der Waals surface area contributed by atoms with Gasteiger partial charge in [-0.1, -0.05) is 6.92 Å². The fourth-order valence-electron chi connectivity index (χ4n) is 3.14. The van der Waals surface area contributed by atoms with Gasteiger partial charge in [0.25, 0.3) is 0 Å². The molecule has 1 N–H and O–H groups in total. The molecule has 8 nitrogen and oxygen atoms in total. The minimum Gasteiger partial charge on any atom is -0.347 e. The summed E-state index contributed by atoms with van der Waals surface area (Å²) in [5, 5.41) is 17.9. The summed E-state index contributed by atoms with van der Waals surface area (Å²) in [5.41, 5.74) is 0. The van der Waals surface area contributed by atoms with Gasteiger partial charge >= 0.3 is 0 Å². The topological polar surface area (TPSA) is 88.8 Å². The molecule has 0 aliphatic carbocycles. The Bertz CT molecular complexity index is 679. The van der Waals surface area contributed by atoms with Crippen LogP contribution in [0.15, 0.2) is 11.6 Å². The molecule has 1 atom stereocenters. The molecule has 3 heterocycles. The van der Waals surface area contributed by atoms with Crippen molar-refractivity contribution in [3.8, 4) is 0 Å². The molecule has 0 unspecified atom stereocenters. The number of aryl methyl sites for hydroxylation is 1. The number of piperidine rings is 1. The minimum atomic E-state index is -0.0485. The number of carbonyl (C=O) groups is 1. The number of carbonyl (C=O) groups excluding carboxylic acids is 1. The number of amides is 1. The third-order valence-electron chi connectivity index (χ3n) is 4.82. The maximum atomic E-state index is 12.1. The monoisotopic (exact) mass is 377 g/mol. The lowest BCUT2D eigenvalue weighted by Crippen LogP contribution is -2.33. The first-order chi connectivity index (χ1) is 12.6. The molecule has 0 aromatic carbocycles. The van der Waals surface area contributed by atoms with Crippen molar-refractivity contribution in [2.45, 2.75) is 58.7 Å². The lowest BCUT2D eigenvalue weighted by Gasteiger charge is -2.29. The summed E-state index contributed by atoms with van der Waals surface area (Å²) in [6.07, 6.45) is 5.39. The van der Waals surface area contributed by atoms with Gasteiger partial charge in [0.05, 0.1) is 12.6 Å². The standard InChI is InChI=1S/C17H27N7OS/c1-13-5-9-23(10-6-13)12-15-20-21-22-24(15)8-3-4-16(25)19-14(2)17-18-7-11-26-17/h7,11,13-14H,3-6,8-10,12H2,1-2H3,(H,19,25)/t14-/m1/s1. The molecular weight excluding hydrogens is 350 g/mol. The first-order valence-electron chi connectivity index (χ1n) is 9.28. The van der Waals surface area contributed by atoms with Gasteiger partial charge in [0.15, 0.2) is 5.82 Å². The van der Waals surface area contributed by atoms with Gasteiger partial charge in [0, 0.05) is 24.5 Å². The average molecular weight is 378 g/mol. The highest BCUT2D eigenvalue weighted by atomic mass is 32.1. The third kappa shape index (κ3) is 5.31. The summed E-state index contributed by atoms with van der Waals surface area (Å²) in [6.45, 7) is 7.91. The number of hydrogen-bond donors (Lipinski definition) is 1. The highest BCUT2D eigenvalue weighted by Crippen LogP contribution is 2.17. The molecule has 0 bridgehead atoms. The number of tetrazole rings is 1. The molecule has 142 valence electrons. The summed E-state index contributed by atoms with van der Waals surface area (Å²) >= 11 is 1.55. The highest BCUT2D eigenvalue weighted by Gasteiger charge is 2.18. The van der Waals surface area contributed by atoms with Crippen LogP contribution in [-0.2, 0) is 17.9 Å². The van der Waals surface area contributed by atoms with Crippen molar-refractivity contribution in [1.29, 1.82) is 0 Å². The number of nitrogens with one attached hydrogen (secondary N) is 1. The van der Waals surface area contributed by atoms with E-state index >= 15 is 0 Å². The molecule has 2 aromatic heterocycles. The fourth-order valence-corrected chi connectivity index (χ4v) is 3.79. The molecule has 1 aliphatic heterocycles. The summed E-state index contributed by atoms with van der Waals surface area (Å²) < 4.78 is 1.83. The van der Waals surface area contributed by atoms with Crippen molar-refractivity contribution < 1.29 is 4.79 Å². The summed E-state index contributed by atoms with van der Waals surface area (Å²) in [5.74, 6) is 1.73. The lowest BCUT2D eigenvalue weighted by molar-refractivity contribution is -0.121. The zero-order chi connectivity index (χ0) is 18.4. The molecule has 1 fully saturated rings. The lowest BCUT2D eigenvalue weighted by atomic mass is 9.99. The Labute approximate surface area is 158 Å². The number of aromatic nitrogens is 5. The Morgan fingerprint density at radius 1 is 1.42 bits per heavy atom. The van der Waals surface area contributed by atoms with Gasteiger partial charge in [-0.2, -0.15) is 0 Å². The Morgan fingerprint density at radius 3 is 2.96 bits per heavy atom. The van der Waals surface area contributed by atoms with Crippen LogP contribution in [-0.4, -0.2) is 49.1 Å². The van der Waals surface area contributed by atoms with Crippen LogP contribution in [0.1, 0.15) is 56.4 Å². The van der Waals surface area contributed by atoms with Gasteiger partial charge in [0.1, 0.15) is 5.01 Å². The molecule has 1 amide bonds. The largest absolute Gasteiger partial charge is 0.347 e. The van der Waals surface area contributed by atoms with E-state index in [9.17, 15) is 4.79 Å². The number of nitrogens with zero attached hydrogens (tertiary/aromatic N) is 6. The molecule has 3 rings (SSSR count). The van der Waals surface area contributed by atoms with Crippen LogP contribution < -0.4 is 5.32 Å². The van der Waals surface area contributed by atoms with Crippen molar-refractivity contribution in [3.63, 3.8) is 0 Å². The van der Waals surface area contributed by atoms with Crippen LogP contribution in [0.3, 0.4) is 0 Å². The van der Waals surface area contributed by atoms with Crippen molar-refractivity contribution >= 4 is 17.2 Å². The SMILES string of the molecule is CC1CCN(Cc2nnnn2CCCC(=O)N[C@H](C)c2nccs2)CC1. The van der Waals surface area contributed by atoms with Gasteiger partial charge < -0.3 is 5.32 Å². The summed E-state index contributed by atoms with van der Waals surface area (Å²) in [4.78, 5) is 18.7. The predicted octanol–water partition coefficient (Wildman–Crippen LogP) is 2.02. The molecule has 0 radical (unpaired) electrons. The van der Waals surface area contributed by atoms with E-state index in [-0.39, 0.29) is 11.9 Å². The Kier molecular flexibility index (Phi) is 6.67. The zero-order valence-electron chi connectivity index (χ0n) is 15.5. The van der Waals surface area contributed by atoms with Crippen LogP contribution in [0.5, 0.6) is 0 Å². The van der Waals surface area contributed by atoms with E-state index in [0.717, 1.165) is 36.4 Å². The van der Waals surface area contributed by atoms with E-state index in [1.165, 1.54) is 12.8 Å². The second-order valence-corrected chi connectivity index (χ2v) is 7.97. The van der Waals surface area contributed by atoms with Crippen LogP contribution in [0.25, 0.3) is 0 Å². The summed E-state index contributed by atoms with van der Waals surface area (Å²) in [6, 6.07) is -0.0485. The average Bonchev–Trinajstić information content (AvgIpc) is 3.29.